The largest absolute Gasteiger partial charge is 4.00 e. The number of hydrogen-bond donors (Lipinski definition) is 3. The van der Waals surface area contributed by atoms with Crippen molar-refractivity contribution in [1.29, 1.82) is 0 Å². The van der Waals surface area contributed by atoms with E-state index in [-0.39, 0.29) is 39.1 Å². The van der Waals surface area contributed by atoms with Crippen molar-refractivity contribution in [3.8, 4) is 0 Å². The van der Waals surface area contributed by atoms with Crippen LogP contribution in [0.1, 0.15) is 34.3 Å². The zero-order valence-corrected chi connectivity index (χ0v) is 14.5. The third-order valence-corrected chi connectivity index (χ3v) is 3.06. The molecule has 0 spiro atoms. The molecule has 22 heavy (non-hydrogen) atoms. The van der Waals surface area contributed by atoms with Crippen LogP contribution in [0.2, 0.25) is 0 Å². The monoisotopic (exact) mass is 483 g/mol. The van der Waals surface area contributed by atoms with Gasteiger partial charge in [0.15, 0.2) is 5.78 Å². The van der Waals surface area contributed by atoms with Crippen LogP contribution in [-0.4, -0.2) is 16.9 Å². The SMILES string of the molecule is CC(C(=O)O)c1cccc(C(=O)c2ccccc2)c1.N.N.[Pt+4]. The van der Waals surface area contributed by atoms with Gasteiger partial charge in [-0.2, -0.15) is 0 Å². The first-order chi connectivity index (χ1) is 9.09. The van der Waals surface area contributed by atoms with Crippen LogP contribution in [0, 0.1) is 0 Å². The van der Waals surface area contributed by atoms with E-state index in [2.05, 4.69) is 0 Å². The van der Waals surface area contributed by atoms with Crippen molar-refractivity contribution in [2.45, 2.75) is 12.8 Å². The Hall–Kier alpha value is -1.81. The Morgan fingerprint density at radius 3 is 2.00 bits per heavy atom. The number of rotatable bonds is 4. The number of aliphatic carboxylic acids is 1. The van der Waals surface area contributed by atoms with Crippen LogP contribution >= 0.6 is 0 Å². The topological polar surface area (TPSA) is 124 Å². The fourth-order valence-corrected chi connectivity index (χ4v) is 1.85. The summed E-state index contributed by atoms with van der Waals surface area (Å²) in [5, 5.41) is 9.00. The minimum absolute atomic E-state index is 0. The van der Waals surface area contributed by atoms with E-state index in [1.165, 1.54) is 0 Å². The van der Waals surface area contributed by atoms with E-state index in [1.54, 1.807) is 55.5 Å². The molecule has 7 N–H and O–H groups in total. The molecule has 0 aromatic heterocycles. The van der Waals surface area contributed by atoms with Gasteiger partial charge in [-0.15, -0.1) is 0 Å². The maximum atomic E-state index is 12.2. The first-order valence-corrected chi connectivity index (χ1v) is 6.02. The van der Waals surface area contributed by atoms with Gasteiger partial charge in [0.2, 0.25) is 0 Å². The van der Waals surface area contributed by atoms with Gasteiger partial charge >= 0.3 is 27.0 Å². The Morgan fingerprint density at radius 2 is 1.45 bits per heavy atom. The van der Waals surface area contributed by atoms with Crippen LogP contribution in [-0.2, 0) is 25.9 Å². The molecule has 0 bridgehead atoms. The molecule has 118 valence electrons. The standard InChI is InChI=1S/C16H14O3.2H3N.Pt/c1-11(16(18)19)13-8-5-9-14(10-13)15(17)12-6-3-2-4-7-12;;;/h2-11H,1H3,(H,18,19);2*1H3;/q;;;+4. The molecule has 1 unspecified atom stereocenters. The number of carbonyl (C=O) groups is 2. The summed E-state index contributed by atoms with van der Waals surface area (Å²) in [7, 11) is 0. The molecular weight excluding hydrogens is 463 g/mol. The Labute approximate surface area is 144 Å². The van der Waals surface area contributed by atoms with Crippen molar-refractivity contribution in [2.75, 3.05) is 0 Å². The molecule has 2 rings (SSSR count). The molecule has 2 aromatic carbocycles. The fourth-order valence-electron chi connectivity index (χ4n) is 1.85. The Bertz CT molecular complexity index is 618. The predicted octanol–water partition coefficient (Wildman–Crippen LogP) is 3.43. The van der Waals surface area contributed by atoms with Gasteiger partial charge in [-0.1, -0.05) is 48.5 Å². The third-order valence-electron chi connectivity index (χ3n) is 3.06. The first-order valence-electron chi connectivity index (χ1n) is 6.02. The summed E-state index contributed by atoms with van der Waals surface area (Å²) >= 11 is 0. The van der Waals surface area contributed by atoms with Gasteiger partial charge in [0, 0.05) is 11.1 Å². The van der Waals surface area contributed by atoms with E-state index < -0.39 is 11.9 Å². The van der Waals surface area contributed by atoms with Crippen molar-refractivity contribution < 1.29 is 35.8 Å². The van der Waals surface area contributed by atoms with Crippen molar-refractivity contribution in [2.24, 2.45) is 0 Å². The number of ketones is 1. The number of carboxylic acid groups (broad SMARTS) is 1. The fraction of sp³-hybridized carbons (Fsp3) is 0.125. The second-order valence-electron chi connectivity index (χ2n) is 4.38. The van der Waals surface area contributed by atoms with Crippen LogP contribution in [0.4, 0.5) is 0 Å². The minimum atomic E-state index is -0.899. The maximum absolute atomic E-state index is 12.2. The van der Waals surface area contributed by atoms with Gasteiger partial charge in [-0.25, -0.2) is 0 Å². The molecule has 0 saturated carbocycles. The second-order valence-corrected chi connectivity index (χ2v) is 4.38. The quantitative estimate of drug-likeness (QED) is 0.575. The zero-order valence-electron chi connectivity index (χ0n) is 12.3. The van der Waals surface area contributed by atoms with E-state index in [4.69, 9.17) is 5.11 Å². The van der Waals surface area contributed by atoms with E-state index in [1.807, 2.05) is 6.07 Å². The molecule has 0 aliphatic heterocycles. The van der Waals surface area contributed by atoms with Crippen molar-refractivity contribution in [3.05, 3.63) is 71.3 Å². The summed E-state index contributed by atoms with van der Waals surface area (Å²) in [6.07, 6.45) is 0. The van der Waals surface area contributed by atoms with Crippen molar-refractivity contribution >= 4 is 11.8 Å². The van der Waals surface area contributed by atoms with E-state index in [0.29, 0.717) is 16.7 Å². The van der Waals surface area contributed by atoms with Crippen molar-refractivity contribution in [3.63, 3.8) is 0 Å². The minimum Gasteiger partial charge on any atom is -0.481 e. The van der Waals surface area contributed by atoms with Crippen molar-refractivity contribution in [1.82, 2.24) is 12.3 Å². The summed E-state index contributed by atoms with van der Waals surface area (Å²) in [5.41, 5.74) is 1.74. The van der Waals surface area contributed by atoms with E-state index >= 15 is 0 Å². The van der Waals surface area contributed by atoms with Gasteiger partial charge in [0.05, 0.1) is 5.92 Å². The molecule has 0 aliphatic rings. The average molecular weight is 483 g/mol. The van der Waals surface area contributed by atoms with Gasteiger partial charge in [-0.3, -0.25) is 9.59 Å². The molecule has 0 fully saturated rings. The normalized spacial score (nSPS) is 10.2. The maximum Gasteiger partial charge on any atom is 4.00 e. The Morgan fingerprint density at radius 1 is 0.909 bits per heavy atom. The summed E-state index contributed by atoms with van der Waals surface area (Å²) in [6, 6.07) is 15.7. The molecule has 0 aliphatic carbocycles. The zero-order chi connectivity index (χ0) is 13.8. The van der Waals surface area contributed by atoms with Gasteiger partial charge in [-0.05, 0) is 18.6 Å². The average Bonchev–Trinajstić information content (AvgIpc) is 2.46. The van der Waals surface area contributed by atoms with Crippen LogP contribution in [0.15, 0.2) is 54.6 Å². The van der Waals surface area contributed by atoms with Gasteiger partial charge in [0.25, 0.3) is 0 Å². The molecule has 6 heteroatoms. The number of carbonyl (C=O) groups excluding carboxylic acids is 1. The Kier molecular flexibility index (Phi) is 10.2. The molecule has 0 radical (unpaired) electrons. The van der Waals surface area contributed by atoms with Gasteiger partial charge in [0.1, 0.15) is 0 Å². The molecule has 5 nitrogen and oxygen atoms in total. The number of hydrogen-bond acceptors (Lipinski definition) is 4. The summed E-state index contributed by atoms with van der Waals surface area (Å²) in [5.74, 6) is -1.62. The molecule has 0 heterocycles. The molecule has 1 atom stereocenters. The van der Waals surface area contributed by atoms with E-state index in [0.717, 1.165) is 0 Å². The smallest absolute Gasteiger partial charge is 0.481 e. The molecular formula is C16H20N2O3Pt+4. The second kappa shape index (κ2) is 10.0. The molecule has 0 amide bonds. The number of carboxylic acids is 1. The van der Waals surface area contributed by atoms with Crippen LogP contribution < -0.4 is 12.3 Å². The van der Waals surface area contributed by atoms with Crippen LogP contribution in [0.3, 0.4) is 0 Å². The first kappa shape index (κ1) is 22.5. The molecule has 0 saturated heterocycles. The summed E-state index contributed by atoms with van der Waals surface area (Å²) in [4.78, 5) is 23.2. The summed E-state index contributed by atoms with van der Waals surface area (Å²) in [6.45, 7) is 1.61. The number of benzene rings is 2. The summed E-state index contributed by atoms with van der Waals surface area (Å²) < 4.78 is 0. The van der Waals surface area contributed by atoms with Crippen LogP contribution in [0.25, 0.3) is 0 Å². The predicted molar refractivity (Wildman–Crippen MR) is 82.4 cm³/mol. The van der Waals surface area contributed by atoms with Gasteiger partial charge < -0.3 is 17.4 Å². The third kappa shape index (κ3) is 5.19. The van der Waals surface area contributed by atoms with Crippen LogP contribution in [0.5, 0.6) is 0 Å². The Balaban J connectivity index is 0. The molecule has 2 aromatic rings. The van der Waals surface area contributed by atoms with E-state index in [9.17, 15) is 9.59 Å².